The van der Waals surface area contributed by atoms with E-state index in [1.54, 1.807) is 6.21 Å². The van der Waals surface area contributed by atoms with Crippen molar-refractivity contribution < 1.29 is 10.0 Å². The number of hydrogen-bond acceptors (Lipinski definition) is 5. The number of benzene rings is 1. The fraction of sp³-hybridized carbons (Fsp3) is 0.357. The fourth-order valence-corrected chi connectivity index (χ4v) is 3.91. The third kappa shape index (κ3) is 3.40. The van der Waals surface area contributed by atoms with Crippen molar-refractivity contribution in [3.8, 4) is 0 Å². The summed E-state index contributed by atoms with van der Waals surface area (Å²) in [5.74, 6) is 0. The first-order chi connectivity index (χ1) is 10.4. The van der Waals surface area contributed by atoms with E-state index in [0.717, 1.165) is 5.56 Å². The molecule has 1 atom stereocenters. The van der Waals surface area contributed by atoms with E-state index in [0.29, 0.717) is 9.38 Å². The number of thioether (sulfide) groups is 1. The standard InChI is InChI=1S/C14H18N4O2S2/c1-14(2)11(18(20)12(19)15-3)17(13(21)22-14)16-9-10-7-5-4-6-8-10/h4-9,11,20H,1-3H3,(H,15,19)/b16-9+. The molecule has 0 aromatic heterocycles. The fourth-order valence-electron chi connectivity index (χ4n) is 2.12. The lowest BCUT2D eigenvalue weighted by Crippen LogP contribution is -2.55. The highest BCUT2D eigenvalue weighted by Gasteiger charge is 2.49. The molecule has 1 saturated heterocycles. The smallest absolute Gasteiger partial charge is 0.339 e. The minimum Gasteiger partial charge on any atom is -0.339 e. The summed E-state index contributed by atoms with van der Waals surface area (Å²) >= 11 is 6.72. The summed E-state index contributed by atoms with van der Waals surface area (Å²) in [7, 11) is 1.45. The molecule has 0 spiro atoms. The zero-order chi connectivity index (χ0) is 16.3. The van der Waals surface area contributed by atoms with Crippen molar-refractivity contribution in [3.63, 3.8) is 0 Å². The van der Waals surface area contributed by atoms with Crippen molar-refractivity contribution in [2.45, 2.75) is 24.8 Å². The molecule has 1 unspecified atom stereocenters. The summed E-state index contributed by atoms with van der Waals surface area (Å²) in [5.41, 5.74) is 0.906. The number of carbonyl (C=O) groups excluding carboxylic acids is 1. The van der Waals surface area contributed by atoms with E-state index >= 15 is 0 Å². The average molecular weight is 338 g/mol. The minimum absolute atomic E-state index is 0.494. The largest absolute Gasteiger partial charge is 0.343 e. The molecule has 1 fully saturated rings. The van der Waals surface area contributed by atoms with Gasteiger partial charge in [0.25, 0.3) is 0 Å². The Hall–Kier alpha value is -1.64. The first kappa shape index (κ1) is 16.7. The Bertz CT molecular complexity index is 592. The number of thiocarbonyl (C=S) groups is 1. The third-order valence-corrected chi connectivity index (χ3v) is 4.71. The lowest BCUT2D eigenvalue weighted by molar-refractivity contribution is -0.117. The zero-order valence-electron chi connectivity index (χ0n) is 12.6. The summed E-state index contributed by atoms with van der Waals surface area (Å²) in [6.45, 7) is 3.80. The van der Waals surface area contributed by atoms with Gasteiger partial charge in [0, 0.05) is 7.05 Å². The maximum absolute atomic E-state index is 11.7. The summed E-state index contributed by atoms with van der Waals surface area (Å²) in [4.78, 5) is 11.7. The summed E-state index contributed by atoms with van der Waals surface area (Å²) in [6.07, 6.45) is 0.962. The number of amides is 2. The molecule has 1 aromatic rings. The van der Waals surface area contributed by atoms with Crippen molar-refractivity contribution in [3.05, 3.63) is 35.9 Å². The number of nitrogens with zero attached hydrogens (tertiary/aromatic N) is 3. The lowest BCUT2D eigenvalue weighted by atomic mass is 10.1. The number of carbonyl (C=O) groups is 1. The van der Waals surface area contributed by atoms with Crippen LogP contribution in [0.5, 0.6) is 0 Å². The van der Waals surface area contributed by atoms with Gasteiger partial charge in [-0.3, -0.25) is 5.21 Å². The van der Waals surface area contributed by atoms with Crippen molar-refractivity contribution in [1.29, 1.82) is 0 Å². The van der Waals surface area contributed by atoms with Crippen LogP contribution < -0.4 is 5.32 Å². The van der Waals surface area contributed by atoms with Crippen LogP contribution >= 0.6 is 24.0 Å². The van der Waals surface area contributed by atoms with Crippen LogP contribution in [0.2, 0.25) is 0 Å². The van der Waals surface area contributed by atoms with Gasteiger partial charge < -0.3 is 5.32 Å². The average Bonchev–Trinajstić information content (AvgIpc) is 2.73. The van der Waals surface area contributed by atoms with Crippen LogP contribution in [0.1, 0.15) is 19.4 Å². The van der Waals surface area contributed by atoms with Crippen LogP contribution in [0, 0.1) is 0 Å². The van der Waals surface area contributed by atoms with Crippen LogP contribution in [0.15, 0.2) is 35.4 Å². The molecule has 2 amide bonds. The summed E-state index contributed by atoms with van der Waals surface area (Å²) < 4.78 is 0.0111. The van der Waals surface area contributed by atoms with Crippen molar-refractivity contribution in [2.24, 2.45) is 5.10 Å². The molecule has 22 heavy (non-hydrogen) atoms. The van der Waals surface area contributed by atoms with Gasteiger partial charge in [0.2, 0.25) is 0 Å². The quantitative estimate of drug-likeness (QED) is 0.384. The van der Waals surface area contributed by atoms with Crippen molar-refractivity contribution >= 4 is 40.5 Å². The Labute approximate surface area is 139 Å². The Morgan fingerprint density at radius 3 is 2.73 bits per heavy atom. The molecule has 0 aliphatic carbocycles. The van der Waals surface area contributed by atoms with Gasteiger partial charge in [0.1, 0.15) is 0 Å². The SMILES string of the molecule is CNC(=O)N(O)C1N(/N=C/c2ccccc2)C(=S)SC1(C)C. The molecular weight excluding hydrogens is 320 g/mol. The van der Waals surface area contributed by atoms with E-state index < -0.39 is 16.9 Å². The van der Waals surface area contributed by atoms with Gasteiger partial charge in [-0.15, -0.1) is 0 Å². The van der Waals surface area contributed by atoms with Crippen LogP contribution in [0.25, 0.3) is 0 Å². The number of hydrazone groups is 1. The molecule has 0 saturated carbocycles. The molecule has 118 valence electrons. The highest BCUT2D eigenvalue weighted by Crippen LogP contribution is 2.42. The van der Waals surface area contributed by atoms with Crippen LogP contribution in [0.4, 0.5) is 4.79 Å². The maximum atomic E-state index is 11.7. The number of urea groups is 1. The number of hydroxylamine groups is 2. The second kappa shape index (κ2) is 6.64. The van der Waals surface area contributed by atoms with Gasteiger partial charge in [-0.25, -0.2) is 9.80 Å². The molecule has 2 N–H and O–H groups in total. The summed E-state index contributed by atoms with van der Waals surface area (Å²) in [6, 6.07) is 8.94. The Morgan fingerprint density at radius 2 is 2.14 bits per heavy atom. The number of hydrogen-bond donors (Lipinski definition) is 2. The molecule has 6 nitrogen and oxygen atoms in total. The Morgan fingerprint density at radius 1 is 1.50 bits per heavy atom. The molecule has 1 heterocycles. The van der Waals surface area contributed by atoms with Gasteiger partial charge >= 0.3 is 6.03 Å². The van der Waals surface area contributed by atoms with Gasteiger partial charge in [-0.1, -0.05) is 54.3 Å². The highest BCUT2D eigenvalue weighted by atomic mass is 32.2. The number of nitrogens with one attached hydrogen (secondary N) is 1. The highest BCUT2D eigenvalue weighted by molar-refractivity contribution is 8.24. The normalized spacial score (nSPS) is 20.5. The van der Waals surface area contributed by atoms with Gasteiger partial charge in [-0.05, 0) is 19.4 Å². The second-order valence-corrected chi connectivity index (χ2v) is 7.53. The van der Waals surface area contributed by atoms with E-state index in [2.05, 4.69) is 10.4 Å². The Kier molecular flexibility index (Phi) is 5.05. The predicted octanol–water partition coefficient (Wildman–Crippen LogP) is 2.49. The first-order valence-electron chi connectivity index (χ1n) is 6.68. The van der Waals surface area contributed by atoms with Crippen LogP contribution in [-0.4, -0.2) is 49.8 Å². The molecule has 8 heteroatoms. The van der Waals surface area contributed by atoms with Gasteiger partial charge in [0.05, 0.1) is 11.0 Å². The van der Waals surface area contributed by atoms with Crippen molar-refractivity contribution in [2.75, 3.05) is 7.05 Å². The minimum atomic E-state index is -0.690. The Balaban J connectivity index is 2.28. The van der Waals surface area contributed by atoms with Crippen molar-refractivity contribution in [1.82, 2.24) is 15.4 Å². The third-order valence-electron chi connectivity index (χ3n) is 3.18. The van der Waals surface area contributed by atoms with Gasteiger partial charge in [0.15, 0.2) is 10.5 Å². The lowest BCUT2D eigenvalue weighted by Gasteiger charge is -2.33. The molecule has 2 rings (SSSR count). The summed E-state index contributed by atoms with van der Waals surface area (Å²) in [5, 5.41) is 19.0. The first-order valence-corrected chi connectivity index (χ1v) is 7.90. The molecule has 1 aliphatic heterocycles. The van der Waals surface area contributed by atoms with E-state index in [9.17, 15) is 10.0 Å². The monoisotopic (exact) mass is 338 g/mol. The second-order valence-electron chi connectivity index (χ2n) is 5.24. The van der Waals surface area contributed by atoms with Gasteiger partial charge in [-0.2, -0.15) is 10.2 Å². The maximum Gasteiger partial charge on any atom is 0.343 e. The van der Waals surface area contributed by atoms with E-state index in [-0.39, 0.29) is 0 Å². The van der Waals surface area contributed by atoms with E-state index in [4.69, 9.17) is 12.2 Å². The van der Waals surface area contributed by atoms with Crippen LogP contribution in [-0.2, 0) is 0 Å². The molecular formula is C14H18N4O2S2. The molecule has 1 aromatic carbocycles. The molecule has 0 radical (unpaired) electrons. The molecule has 1 aliphatic rings. The van der Waals surface area contributed by atoms with Crippen LogP contribution in [0.3, 0.4) is 0 Å². The zero-order valence-corrected chi connectivity index (χ0v) is 14.2. The predicted molar refractivity (Wildman–Crippen MR) is 92.0 cm³/mol. The van der Waals surface area contributed by atoms with E-state index in [1.165, 1.54) is 23.8 Å². The van der Waals surface area contributed by atoms with E-state index in [1.807, 2.05) is 44.2 Å². The number of rotatable bonds is 3. The molecule has 0 bridgehead atoms. The topological polar surface area (TPSA) is 68.2 Å².